The van der Waals surface area contributed by atoms with Crippen LogP contribution in [-0.4, -0.2) is 177 Å². The summed E-state index contributed by atoms with van der Waals surface area (Å²) in [4.78, 5) is 140. The van der Waals surface area contributed by atoms with Gasteiger partial charge in [-0.3, -0.25) is 47.9 Å². The molecule has 0 aromatic rings. The van der Waals surface area contributed by atoms with Gasteiger partial charge in [-0.25, -0.2) is 0 Å². The zero-order chi connectivity index (χ0) is 60.7. The normalized spacial score (nSPS) is 17.4. The van der Waals surface area contributed by atoms with E-state index in [9.17, 15) is 58.2 Å². The van der Waals surface area contributed by atoms with E-state index in [0.717, 1.165) is 25.7 Å². The highest BCUT2D eigenvalue weighted by Crippen LogP contribution is 2.22. The molecule has 0 aromatic carbocycles. The first kappa shape index (κ1) is 71.8. The Morgan fingerprint density at radius 1 is 0.684 bits per heavy atom. The third-order valence-corrected chi connectivity index (χ3v) is 14.6. The lowest BCUT2D eigenvalue weighted by atomic mass is 9.92. The molecule has 23 heteroatoms. The Bertz CT molecular complexity index is 2050. The summed E-state index contributed by atoms with van der Waals surface area (Å²) >= 11 is 0. The molecule has 1 fully saturated rings. The molecular weight excluding hydrogens is 1020 g/mol. The highest BCUT2D eigenvalue weighted by atomic mass is 16.3. The van der Waals surface area contributed by atoms with E-state index in [1.807, 2.05) is 11.8 Å². The van der Waals surface area contributed by atoms with Crippen molar-refractivity contribution in [1.29, 1.82) is 0 Å². The van der Waals surface area contributed by atoms with Gasteiger partial charge in [-0.15, -0.1) is 0 Å². The van der Waals surface area contributed by atoms with Gasteiger partial charge in [0, 0.05) is 38.5 Å². The van der Waals surface area contributed by atoms with Crippen molar-refractivity contribution in [1.82, 2.24) is 52.3 Å². The second kappa shape index (κ2) is 33.5. The first-order valence-electron chi connectivity index (χ1n) is 28.6. The van der Waals surface area contributed by atoms with Crippen molar-refractivity contribution in [3.63, 3.8) is 0 Å². The summed E-state index contributed by atoms with van der Waals surface area (Å²) in [6.45, 7) is 25.6. The van der Waals surface area contributed by atoms with E-state index in [0.29, 0.717) is 45.3 Å². The maximum atomic E-state index is 14.1. The molecular formula is C56H103N11O12. The number of nitrogens with one attached hydrogen (secondary N) is 8. The first-order valence-corrected chi connectivity index (χ1v) is 28.6. The highest BCUT2D eigenvalue weighted by molar-refractivity contribution is 6.00. The molecule has 10 atom stereocenters. The molecule has 1 heterocycles. The lowest BCUT2D eigenvalue weighted by Gasteiger charge is -2.35. The summed E-state index contributed by atoms with van der Waals surface area (Å²) in [5, 5.41) is 41.7. The Hall–Kier alpha value is -5.26. The van der Waals surface area contributed by atoms with E-state index in [1.165, 1.54) is 53.4 Å². The minimum atomic E-state index is -1.68. The second-order valence-corrected chi connectivity index (χ2v) is 24.0. The number of carbonyl (C=O) groups is 10. The van der Waals surface area contributed by atoms with Crippen LogP contribution < -0.4 is 48.3 Å². The van der Waals surface area contributed by atoms with E-state index in [2.05, 4.69) is 49.5 Å². The van der Waals surface area contributed by atoms with E-state index < -0.39 is 124 Å². The Morgan fingerprint density at radius 2 is 1.27 bits per heavy atom. The summed E-state index contributed by atoms with van der Waals surface area (Å²) in [7, 11) is 1.80. The Morgan fingerprint density at radius 3 is 1.84 bits per heavy atom. The monoisotopic (exact) mass is 1120 g/mol. The first-order chi connectivity index (χ1) is 36.6. The average molecular weight is 1120 g/mol. The summed E-state index contributed by atoms with van der Waals surface area (Å²) in [5.41, 5.74) is 1.64. The number of likely N-dealkylation sites (tertiary alicyclic amines) is 1. The second-order valence-electron chi connectivity index (χ2n) is 24.0. The maximum absolute atomic E-state index is 14.1. The van der Waals surface area contributed by atoms with Gasteiger partial charge in [0.2, 0.25) is 53.2 Å². The maximum Gasteiger partial charge on any atom is 0.246 e. The minimum absolute atomic E-state index is 0.00459. The number of nitrogens with zero attached hydrogens (tertiary/aromatic N) is 2. The average Bonchev–Trinajstić information content (AvgIpc) is 3.85. The van der Waals surface area contributed by atoms with Gasteiger partial charge in [-0.1, -0.05) is 80.6 Å². The van der Waals surface area contributed by atoms with Crippen molar-refractivity contribution in [2.45, 2.75) is 246 Å². The number of aliphatic hydroxyl groups excluding tert-OH is 2. The molecule has 0 saturated carbocycles. The van der Waals surface area contributed by atoms with Crippen LogP contribution in [0.1, 0.15) is 181 Å². The van der Waals surface area contributed by atoms with Crippen LogP contribution in [-0.2, 0) is 47.9 Å². The van der Waals surface area contributed by atoms with Gasteiger partial charge in [0.1, 0.15) is 52.6 Å². The van der Waals surface area contributed by atoms with Gasteiger partial charge in [0.05, 0.1) is 18.8 Å². The molecule has 12 N–H and O–H groups in total. The fourth-order valence-electron chi connectivity index (χ4n) is 9.16. The number of rotatable bonds is 36. The van der Waals surface area contributed by atoms with Crippen LogP contribution in [0.4, 0.5) is 0 Å². The molecule has 0 spiro atoms. The largest absolute Gasteiger partial charge is 0.395 e. The number of aliphatic hydroxyl groups is 2. The molecule has 0 aliphatic carbocycles. The third-order valence-electron chi connectivity index (χ3n) is 14.6. The minimum Gasteiger partial charge on any atom is -0.395 e. The van der Waals surface area contributed by atoms with Crippen molar-refractivity contribution < 1.29 is 58.2 Å². The fourth-order valence-corrected chi connectivity index (χ4v) is 9.16. The number of carbonyl (C=O) groups excluding carboxylic acids is 10. The summed E-state index contributed by atoms with van der Waals surface area (Å²) < 4.78 is 0. The highest BCUT2D eigenvalue weighted by Gasteiger charge is 2.42. The number of ketones is 1. The molecule has 1 aliphatic rings. The van der Waals surface area contributed by atoms with Crippen LogP contribution in [0, 0.1) is 17.8 Å². The van der Waals surface area contributed by atoms with E-state index in [1.54, 1.807) is 48.6 Å². The molecule has 23 nitrogen and oxygen atoms in total. The van der Waals surface area contributed by atoms with Crippen LogP contribution in [0.2, 0.25) is 0 Å². The van der Waals surface area contributed by atoms with Crippen molar-refractivity contribution in [3.8, 4) is 0 Å². The standard InChI is InChI=1S/C56H103N11O12/c1-17-20-21-22-24-40(57)50(76)67-26-23-25-42(67)47(73)60-41(30-34(6)29-39(70)31-38(69)19-3)46(72)59-37(9)45(71)63-54(10,11)52(78)62-43(33(4)5)48(74)61-44(35(7)18-2)49(75)64-56(14,15)53(79)65-55(12,13)51(77)58-36(8)32-66(16)27-28-68/h33-37,39-44,68,70H,17-32,57H2,1-16H3,(H,58,77)(H,59,72)(H,60,73)(H,61,74)(H,62,78)(H,63,71)(H,64,75)(H,65,79)/t34?,35-,36?,37-,39?,40-,41-,42-,43-,44-/m0/s1. The molecule has 0 radical (unpaired) electrons. The zero-order valence-corrected chi connectivity index (χ0v) is 50.6. The third kappa shape index (κ3) is 24.2. The quantitative estimate of drug-likeness (QED) is 0.0393. The smallest absolute Gasteiger partial charge is 0.246 e. The van der Waals surface area contributed by atoms with Crippen LogP contribution >= 0.6 is 0 Å². The van der Waals surface area contributed by atoms with E-state index >= 15 is 0 Å². The van der Waals surface area contributed by atoms with Crippen LogP contribution in [0.15, 0.2) is 0 Å². The number of likely N-dealkylation sites (N-methyl/N-ethyl adjacent to an activating group) is 1. The predicted octanol–water partition coefficient (Wildman–Crippen LogP) is 1.20. The van der Waals surface area contributed by atoms with E-state index in [4.69, 9.17) is 5.73 Å². The molecule has 0 aromatic heterocycles. The number of hydrogen-bond donors (Lipinski definition) is 11. The van der Waals surface area contributed by atoms with Gasteiger partial charge in [0.15, 0.2) is 0 Å². The molecule has 1 saturated heterocycles. The van der Waals surface area contributed by atoms with Gasteiger partial charge in [0.25, 0.3) is 0 Å². The predicted molar refractivity (Wildman–Crippen MR) is 302 cm³/mol. The summed E-state index contributed by atoms with van der Waals surface area (Å²) in [6, 6.07) is -6.90. The zero-order valence-electron chi connectivity index (χ0n) is 50.6. The van der Waals surface area contributed by atoms with Crippen molar-refractivity contribution in [2.24, 2.45) is 23.5 Å². The van der Waals surface area contributed by atoms with Gasteiger partial charge < -0.3 is 68.3 Å². The number of amides is 9. The summed E-state index contributed by atoms with van der Waals surface area (Å²) in [6.07, 6.45) is 4.87. The lowest BCUT2D eigenvalue weighted by Crippen LogP contribution is -2.66. The Kier molecular flexibility index (Phi) is 30.4. The van der Waals surface area contributed by atoms with Gasteiger partial charge in [-0.05, 0) is 112 Å². The van der Waals surface area contributed by atoms with Crippen LogP contribution in [0.3, 0.4) is 0 Å². The molecule has 0 bridgehead atoms. The summed E-state index contributed by atoms with van der Waals surface area (Å²) in [5.74, 6) is -7.29. The van der Waals surface area contributed by atoms with Crippen LogP contribution in [0.5, 0.6) is 0 Å². The number of nitrogens with two attached hydrogens (primary N) is 1. The Labute approximate surface area is 470 Å². The molecule has 454 valence electrons. The molecule has 1 aliphatic heterocycles. The van der Waals surface area contributed by atoms with Gasteiger partial charge in [-0.2, -0.15) is 0 Å². The van der Waals surface area contributed by atoms with E-state index in [-0.39, 0.29) is 50.0 Å². The SMILES string of the molecule is CCCCCC[C@H](N)C(=O)N1CCC[C@H]1C(=O)N[C@@H](CC(C)CC(O)CC(=O)CC)C(=O)N[C@@H](C)C(=O)NC(C)(C)C(=O)N[C@H](C(=O)N[C@H](C(=O)NC(C)(C)C(=O)NC(C)(C)C(=O)NC(C)CN(C)CCO)[C@@H](C)CC)C(C)C. The lowest BCUT2D eigenvalue weighted by molar-refractivity contribution is -0.141. The molecule has 79 heavy (non-hydrogen) atoms. The molecule has 9 amide bonds. The fraction of sp³-hybridized carbons (Fsp3) is 0.821. The Balaban J connectivity index is 3.23. The topological polar surface area (TPSA) is 340 Å². The number of hydrogen-bond acceptors (Lipinski definition) is 14. The van der Waals surface area contributed by atoms with Gasteiger partial charge >= 0.3 is 0 Å². The molecule has 3 unspecified atom stereocenters. The number of Topliss-reactive ketones (excluding diaryl/α,β-unsaturated/α-hetero) is 1. The van der Waals surface area contributed by atoms with Crippen LogP contribution in [0.25, 0.3) is 0 Å². The molecule has 1 rings (SSSR count). The van der Waals surface area contributed by atoms with Crippen molar-refractivity contribution in [3.05, 3.63) is 0 Å². The van der Waals surface area contributed by atoms with Crippen molar-refractivity contribution in [2.75, 3.05) is 33.3 Å². The van der Waals surface area contributed by atoms with Crippen molar-refractivity contribution >= 4 is 58.9 Å². The number of unbranched alkanes of at least 4 members (excludes halogenated alkanes) is 3.